The van der Waals surface area contributed by atoms with E-state index in [9.17, 15) is 4.79 Å². The molecule has 1 heterocycles. The fourth-order valence-corrected chi connectivity index (χ4v) is 1.04. The van der Waals surface area contributed by atoms with E-state index in [1.165, 1.54) is 11.8 Å². The second kappa shape index (κ2) is 4.08. The van der Waals surface area contributed by atoms with Crippen molar-refractivity contribution in [3.8, 4) is 0 Å². The molecule has 0 spiro atoms. The van der Waals surface area contributed by atoms with Crippen LogP contribution in [0.15, 0.2) is 17.6 Å². The van der Waals surface area contributed by atoms with Crippen molar-refractivity contribution >= 4 is 18.0 Å². The molecular formula is C7H8N2OS. The molecule has 11 heavy (non-hydrogen) atoms. The molecule has 0 fully saturated rings. The summed E-state index contributed by atoms with van der Waals surface area (Å²) in [6.07, 6.45) is 4.31. The molecule has 1 aromatic heterocycles. The van der Waals surface area contributed by atoms with Gasteiger partial charge in [0.05, 0.1) is 5.75 Å². The van der Waals surface area contributed by atoms with Gasteiger partial charge in [-0.2, -0.15) is 0 Å². The lowest BCUT2D eigenvalue weighted by molar-refractivity contribution is -0.105. The molecule has 1 aromatic rings. The minimum absolute atomic E-state index is 0.420. The van der Waals surface area contributed by atoms with Gasteiger partial charge < -0.3 is 4.79 Å². The van der Waals surface area contributed by atoms with Crippen molar-refractivity contribution in [2.45, 2.75) is 12.1 Å². The highest BCUT2D eigenvalue weighted by Gasteiger charge is 1.94. The predicted molar refractivity (Wildman–Crippen MR) is 43.6 cm³/mol. The monoisotopic (exact) mass is 168 g/mol. The van der Waals surface area contributed by atoms with Crippen molar-refractivity contribution in [2.75, 3.05) is 5.75 Å². The molecule has 3 nitrogen and oxygen atoms in total. The lowest BCUT2D eigenvalue weighted by Crippen LogP contribution is -1.88. The van der Waals surface area contributed by atoms with Gasteiger partial charge in [-0.3, -0.25) is 0 Å². The van der Waals surface area contributed by atoms with Gasteiger partial charge in [0.15, 0.2) is 5.16 Å². The number of aromatic nitrogens is 2. The van der Waals surface area contributed by atoms with Crippen LogP contribution in [0.3, 0.4) is 0 Å². The maximum atomic E-state index is 9.97. The topological polar surface area (TPSA) is 42.9 Å². The molecule has 0 saturated carbocycles. The first-order valence-corrected chi connectivity index (χ1v) is 4.16. The molecule has 0 aliphatic carbocycles. The Bertz CT molecular complexity index is 235. The van der Waals surface area contributed by atoms with E-state index in [1.807, 2.05) is 6.92 Å². The summed E-state index contributed by atoms with van der Waals surface area (Å²) in [5, 5.41) is 0.655. The summed E-state index contributed by atoms with van der Waals surface area (Å²) in [5.74, 6) is 0.420. The zero-order chi connectivity index (χ0) is 8.10. The normalized spacial score (nSPS) is 9.55. The number of carbonyl (C=O) groups is 1. The molecule has 0 aliphatic heterocycles. The second-order valence-electron chi connectivity index (χ2n) is 2.02. The van der Waals surface area contributed by atoms with E-state index < -0.39 is 0 Å². The highest BCUT2D eigenvalue weighted by molar-refractivity contribution is 7.99. The van der Waals surface area contributed by atoms with Gasteiger partial charge in [0.1, 0.15) is 6.29 Å². The molecule has 0 amide bonds. The highest BCUT2D eigenvalue weighted by atomic mass is 32.2. The molecule has 0 bridgehead atoms. The van der Waals surface area contributed by atoms with Gasteiger partial charge in [0, 0.05) is 12.4 Å². The van der Waals surface area contributed by atoms with Crippen molar-refractivity contribution in [2.24, 2.45) is 0 Å². The van der Waals surface area contributed by atoms with Crippen LogP contribution in [0.4, 0.5) is 0 Å². The molecule has 0 aromatic carbocycles. The lowest BCUT2D eigenvalue weighted by Gasteiger charge is -1.94. The van der Waals surface area contributed by atoms with Crippen molar-refractivity contribution in [3.63, 3.8) is 0 Å². The second-order valence-corrected chi connectivity index (χ2v) is 3.01. The van der Waals surface area contributed by atoms with E-state index in [0.717, 1.165) is 11.8 Å². The Hall–Kier alpha value is -0.900. The quantitative estimate of drug-likeness (QED) is 0.385. The first-order chi connectivity index (χ1) is 5.33. The Morgan fingerprint density at radius 3 is 2.73 bits per heavy atom. The molecule has 58 valence electrons. The Morgan fingerprint density at radius 1 is 1.55 bits per heavy atom. The smallest absolute Gasteiger partial charge is 0.187 e. The summed E-state index contributed by atoms with van der Waals surface area (Å²) in [7, 11) is 0. The summed E-state index contributed by atoms with van der Waals surface area (Å²) < 4.78 is 0. The number of nitrogens with zero attached hydrogens (tertiary/aromatic N) is 2. The van der Waals surface area contributed by atoms with E-state index >= 15 is 0 Å². The van der Waals surface area contributed by atoms with Gasteiger partial charge in [0.25, 0.3) is 0 Å². The average Bonchev–Trinajstić information content (AvgIpc) is 2.04. The Kier molecular flexibility index (Phi) is 3.04. The standard InChI is InChI=1S/C7H8N2OS/c1-6-4-8-7(9-5-6)11-3-2-10/h2,4-5H,3H2,1H3. The number of aryl methyl sites for hydroxylation is 1. The van der Waals surface area contributed by atoms with Gasteiger partial charge in [0.2, 0.25) is 0 Å². The third kappa shape index (κ3) is 2.67. The minimum atomic E-state index is 0.420. The Balaban J connectivity index is 2.58. The number of hydrogen-bond donors (Lipinski definition) is 0. The molecule has 0 saturated heterocycles. The molecule has 0 aliphatic rings. The minimum Gasteiger partial charge on any atom is -0.302 e. The first kappa shape index (κ1) is 8.20. The van der Waals surface area contributed by atoms with E-state index in [-0.39, 0.29) is 0 Å². The van der Waals surface area contributed by atoms with Crippen molar-refractivity contribution in [1.29, 1.82) is 0 Å². The summed E-state index contributed by atoms with van der Waals surface area (Å²) in [4.78, 5) is 18.0. The molecule has 0 atom stereocenters. The van der Waals surface area contributed by atoms with E-state index in [1.54, 1.807) is 12.4 Å². The first-order valence-electron chi connectivity index (χ1n) is 3.18. The van der Waals surface area contributed by atoms with Crippen LogP contribution in [0.2, 0.25) is 0 Å². The number of hydrogen-bond acceptors (Lipinski definition) is 4. The van der Waals surface area contributed by atoms with E-state index in [4.69, 9.17) is 0 Å². The maximum Gasteiger partial charge on any atom is 0.187 e. The van der Waals surface area contributed by atoms with Crippen LogP contribution in [0.5, 0.6) is 0 Å². The number of rotatable bonds is 3. The largest absolute Gasteiger partial charge is 0.302 e. The third-order valence-corrected chi connectivity index (χ3v) is 1.81. The summed E-state index contributed by atoms with van der Waals surface area (Å²) in [6.45, 7) is 1.92. The van der Waals surface area contributed by atoms with Crippen LogP contribution in [-0.2, 0) is 4.79 Å². The van der Waals surface area contributed by atoms with Crippen LogP contribution < -0.4 is 0 Å². The van der Waals surface area contributed by atoms with Crippen molar-refractivity contribution in [1.82, 2.24) is 9.97 Å². The van der Waals surface area contributed by atoms with Gasteiger partial charge in [-0.25, -0.2) is 9.97 Å². The average molecular weight is 168 g/mol. The van der Waals surface area contributed by atoms with Gasteiger partial charge in [-0.1, -0.05) is 11.8 Å². The predicted octanol–water partition coefficient (Wildman–Crippen LogP) is 1.08. The zero-order valence-corrected chi connectivity index (χ0v) is 6.97. The molecule has 0 radical (unpaired) electrons. The number of thioether (sulfide) groups is 1. The summed E-state index contributed by atoms with van der Waals surface area (Å²) in [6, 6.07) is 0. The summed E-state index contributed by atoms with van der Waals surface area (Å²) >= 11 is 1.34. The molecule has 4 heteroatoms. The molecule has 0 N–H and O–H groups in total. The lowest BCUT2D eigenvalue weighted by atomic mass is 10.4. The molecular weight excluding hydrogens is 160 g/mol. The van der Waals surface area contributed by atoms with Crippen molar-refractivity contribution in [3.05, 3.63) is 18.0 Å². The molecule has 1 rings (SSSR count). The fourth-order valence-electron chi connectivity index (χ4n) is 0.564. The SMILES string of the molecule is Cc1cnc(SCC=O)nc1. The van der Waals surface area contributed by atoms with Gasteiger partial charge in [-0.05, 0) is 12.5 Å². The Morgan fingerprint density at radius 2 is 2.18 bits per heavy atom. The molecule has 0 unspecified atom stereocenters. The van der Waals surface area contributed by atoms with E-state index in [2.05, 4.69) is 9.97 Å². The van der Waals surface area contributed by atoms with Crippen LogP contribution >= 0.6 is 11.8 Å². The van der Waals surface area contributed by atoms with Crippen LogP contribution in [0.1, 0.15) is 5.56 Å². The Labute approximate surface area is 69.3 Å². The zero-order valence-electron chi connectivity index (χ0n) is 6.15. The van der Waals surface area contributed by atoms with Gasteiger partial charge >= 0.3 is 0 Å². The van der Waals surface area contributed by atoms with Crippen LogP contribution in [0, 0.1) is 6.92 Å². The maximum absolute atomic E-state index is 9.97. The summed E-state index contributed by atoms with van der Waals surface area (Å²) in [5.41, 5.74) is 1.03. The number of aldehydes is 1. The number of carbonyl (C=O) groups excluding carboxylic acids is 1. The highest BCUT2D eigenvalue weighted by Crippen LogP contribution is 2.09. The van der Waals surface area contributed by atoms with Crippen LogP contribution in [-0.4, -0.2) is 22.0 Å². The van der Waals surface area contributed by atoms with Crippen molar-refractivity contribution < 1.29 is 4.79 Å². The van der Waals surface area contributed by atoms with Crippen LogP contribution in [0.25, 0.3) is 0 Å². The van der Waals surface area contributed by atoms with E-state index in [0.29, 0.717) is 10.9 Å². The third-order valence-electron chi connectivity index (χ3n) is 1.04. The van der Waals surface area contributed by atoms with Gasteiger partial charge in [-0.15, -0.1) is 0 Å². The fraction of sp³-hybridized carbons (Fsp3) is 0.286.